The van der Waals surface area contributed by atoms with Crippen LogP contribution in [0.3, 0.4) is 0 Å². The highest BCUT2D eigenvalue weighted by atomic mass is 15.1. The van der Waals surface area contributed by atoms with E-state index in [2.05, 4.69) is 301 Å². The molecule has 13 aromatic rings. The van der Waals surface area contributed by atoms with Crippen molar-refractivity contribution in [1.29, 1.82) is 0 Å². The fraction of sp³-hybridized carbons (Fsp3) is 0. The molecule has 0 aliphatic carbocycles. The zero-order valence-electron chi connectivity index (χ0n) is 39.6. The maximum absolute atomic E-state index is 2.37. The molecule has 0 aliphatic heterocycles. The molecule has 0 amide bonds. The zero-order chi connectivity index (χ0) is 47.8. The molecule has 0 unspecified atom stereocenters. The normalized spacial score (nSPS) is 11.3. The first-order chi connectivity index (χ1) is 35.6. The summed E-state index contributed by atoms with van der Waals surface area (Å²) in [6.07, 6.45) is 0. The van der Waals surface area contributed by atoms with Crippen molar-refractivity contribution in [3.05, 3.63) is 291 Å². The van der Waals surface area contributed by atoms with E-state index in [1.54, 1.807) is 0 Å². The molecule has 0 N–H and O–H groups in total. The van der Waals surface area contributed by atoms with Gasteiger partial charge in [-0.15, -0.1) is 0 Å². The molecule has 72 heavy (non-hydrogen) atoms. The summed E-state index contributed by atoms with van der Waals surface area (Å²) in [6, 6.07) is 106. The highest BCUT2D eigenvalue weighted by Gasteiger charge is 2.17. The Hall–Kier alpha value is -9.50. The topological polar surface area (TPSA) is 6.48 Å². The zero-order valence-corrected chi connectivity index (χ0v) is 39.6. The van der Waals surface area contributed by atoms with Crippen molar-refractivity contribution in [3.8, 4) is 44.5 Å². The number of benzene rings is 13. The van der Waals surface area contributed by atoms with Crippen LogP contribution in [-0.2, 0) is 0 Å². The quantitative estimate of drug-likeness (QED) is 0.135. The van der Waals surface area contributed by atoms with E-state index in [0.717, 1.165) is 34.1 Å². The summed E-state index contributed by atoms with van der Waals surface area (Å²) in [6.45, 7) is 0. The van der Waals surface area contributed by atoms with Crippen LogP contribution in [0.4, 0.5) is 34.1 Å². The monoisotopic (exact) mass is 916 g/mol. The van der Waals surface area contributed by atoms with E-state index >= 15 is 0 Å². The lowest BCUT2D eigenvalue weighted by molar-refractivity contribution is 1.29. The van der Waals surface area contributed by atoms with Gasteiger partial charge in [0.15, 0.2) is 0 Å². The molecule has 2 nitrogen and oxygen atoms in total. The average molecular weight is 917 g/mol. The van der Waals surface area contributed by atoms with Crippen molar-refractivity contribution in [1.82, 2.24) is 0 Å². The molecule has 0 atom stereocenters. The van der Waals surface area contributed by atoms with Crippen molar-refractivity contribution in [2.75, 3.05) is 9.80 Å². The molecule has 2 heteroatoms. The molecule has 338 valence electrons. The largest absolute Gasteiger partial charge is 0.310 e. The first kappa shape index (κ1) is 42.6. The first-order valence-corrected chi connectivity index (χ1v) is 24.7. The lowest BCUT2D eigenvalue weighted by atomic mass is 9.95. The minimum absolute atomic E-state index is 1.11. The third kappa shape index (κ3) is 8.21. The molecule has 13 aromatic carbocycles. The molecule has 0 fully saturated rings. The van der Waals surface area contributed by atoms with Gasteiger partial charge in [-0.05, 0) is 173 Å². The Morgan fingerprint density at radius 2 is 0.486 bits per heavy atom. The standard InChI is InChI=1S/C70H48N2/c1-4-13-49(14-5-1)51-31-37-65(38-32-51)71(66-39-33-52(34-40-66)50-15-6-2-7-16-50)67-41-35-60-45-58(27-29-62(60)47-67)56-25-23-55-44-57(26-24-54(55)43-56)59-28-30-63-48-68(42-36-61(63)46-59)72(64-19-8-3-9-20-64)70-22-12-18-53-17-10-11-21-69(53)70/h1-48H. The number of rotatable bonds is 10. The van der Waals surface area contributed by atoms with E-state index in [9.17, 15) is 0 Å². The molecule has 13 rings (SSSR count). The van der Waals surface area contributed by atoms with E-state index in [1.165, 1.54) is 87.6 Å². The van der Waals surface area contributed by atoms with Crippen LogP contribution >= 0.6 is 0 Å². The smallest absolute Gasteiger partial charge is 0.0540 e. The van der Waals surface area contributed by atoms with Crippen LogP contribution in [-0.4, -0.2) is 0 Å². The molecule has 0 spiro atoms. The van der Waals surface area contributed by atoms with Crippen molar-refractivity contribution < 1.29 is 0 Å². The lowest BCUT2D eigenvalue weighted by Gasteiger charge is -2.27. The predicted octanol–water partition coefficient (Wildman–Crippen LogP) is 19.9. The number of anilines is 6. The first-order valence-electron chi connectivity index (χ1n) is 24.7. The maximum Gasteiger partial charge on any atom is 0.0540 e. The fourth-order valence-corrected chi connectivity index (χ4v) is 10.4. The Morgan fingerprint density at radius 1 is 0.167 bits per heavy atom. The van der Waals surface area contributed by atoms with Crippen LogP contribution in [0, 0.1) is 0 Å². The van der Waals surface area contributed by atoms with Crippen molar-refractivity contribution in [2.45, 2.75) is 0 Å². The number of nitrogens with zero attached hydrogens (tertiary/aromatic N) is 2. The van der Waals surface area contributed by atoms with Crippen LogP contribution in [0.15, 0.2) is 291 Å². The van der Waals surface area contributed by atoms with E-state index < -0.39 is 0 Å². The van der Waals surface area contributed by atoms with Gasteiger partial charge in [-0.2, -0.15) is 0 Å². The molecule has 0 radical (unpaired) electrons. The Kier molecular flexibility index (Phi) is 10.9. The molecular formula is C70H48N2. The lowest BCUT2D eigenvalue weighted by Crippen LogP contribution is -2.10. The Morgan fingerprint density at radius 3 is 0.958 bits per heavy atom. The van der Waals surface area contributed by atoms with Crippen molar-refractivity contribution in [3.63, 3.8) is 0 Å². The van der Waals surface area contributed by atoms with Gasteiger partial charge < -0.3 is 9.80 Å². The van der Waals surface area contributed by atoms with Gasteiger partial charge in [0.25, 0.3) is 0 Å². The molecule has 0 saturated carbocycles. The number of hydrogen-bond donors (Lipinski definition) is 0. The Labute approximate surface area is 420 Å². The van der Waals surface area contributed by atoms with Gasteiger partial charge in [-0.3, -0.25) is 0 Å². The van der Waals surface area contributed by atoms with Gasteiger partial charge in [-0.25, -0.2) is 0 Å². The Bertz CT molecular complexity index is 3980. The van der Waals surface area contributed by atoms with Crippen LogP contribution < -0.4 is 9.80 Å². The Balaban J connectivity index is 0.780. The maximum atomic E-state index is 2.37. The second kappa shape index (κ2) is 18.4. The van der Waals surface area contributed by atoms with Gasteiger partial charge in [0.1, 0.15) is 0 Å². The van der Waals surface area contributed by atoms with Gasteiger partial charge in [-0.1, -0.05) is 200 Å². The third-order valence-corrected chi connectivity index (χ3v) is 14.2. The van der Waals surface area contributed by atoms with Crippen LogP contribution in [0.25, 0.3) is 87.6 Å². The van der Waals surface area contributed by atoms with Gasteiger partial charge in [0.05, 0.1) is 5.69 Å². The summed E-state index contributed by atoms with van der Waals surface area (Å²) in [5.74, 6) is 0. The summed E-state index contributed by atoms with van der Waals surface area (Å²) in [7, 11) is 0. The van der Waals surface area contributed by atoms with Crippen LogP contribution in [0.2, 0.25) is 0 Å². The molecule has 0 aliphatic rings. The average Bonchev–Trinajstić information content (AvgIpc) is 3.46. The summed E-state index contributed by atoms with van der Waals surface area (Å²) in [5, 5.41) is 9.70. The fourth-order valence-electron chi connectivity index (χ4n) is 10.4. The van der Waals surface area contributed by atoms with E-state index in [1.807, 2.05) is 0 Å². The third-order valence-electron chi connectivity index (χ3n) is 14.2. The highest BCUT2D eigenvalue weighted by molar-refractivity contribution is 6.01. The highest BCUT2D eigenvalue weighted by Crippen LogP contribution is 2.42. The number of hydrogen-bond acceptors (Lipinski definition) is 2. The van der Waals surface area contributed by atoms with E-state index in [4.69, 9.17) is 0 Å². The van der Waals surface area contributed by atoms with E-state index in [-0.39, 0.29) is 0 Å². The minimum Gasteiger partial charge on any atom is -0.310 e. The van der Waals surface area contributed by atoms with Gasteiger partial charge in [0, 0.05) is 33.8 Å². The summed E-state index contributed by atoms with van der Waals surface area (Å²) < 4.78 is 0. The molecular weight excluding hydrogens is 869 g/mol. The second-order valence-electron chi connectivity index (χ2n) is 18.6. The minimum atomic E-state index is 1.11. The van der Waals surface area contributed by atoms with Gasteiger partial charge >= 0.3 is 0 Å². The molecule has 0 saturated heterocycles. The van der Waals surface area contributed by atoms with E-state index in [0.29, 0.717) is 0 Å². The number of fused-ring (bicyclic) bond motifs is 4. The molecule has 0 bridgehead atoms. The van der Waals surface area contributed by atoms with Crippen LogP contribution in [0.1, 0.15) is 0 Å². The predicted molar refractivity (Wildman–Crippen MR) is 308 cm³/mol. The van der Waals surface area contributed by atoms with Crippen molar-refractivity contribution >= 4 is 77.2 Å². The number of para-hydroxylation sites is 1. The summed E-state index contributed by atoms with van der Waals surface area (Å²) >= 11 is 0. The van der Waals surface area contributed by atoms with Gasteiger partial charge in [0.2, 0.25) is 0 Å². The summed E-state index contributed by atoms with van der Waals surface area (Å²) in [5.41, 5.74) is 16.4. The second-order valence-corrected chi connectivity index (χ2v) is 18.6. The molecule has 0 aromatic heterocycles. The summed E-state index contributed by atoms with van der Waals surface area (Å²) in [4.78, 5) is 4.73. The molecule has 0 heterocycles. The van der Waals surface area contributed by atoms with Crippen molar-refractivity contribution in [2.24, 2.45) is 0 Å². The van der Waals surface area contributed by atoms with Crippen LogP contribution in [0.5, 0.6) is 0 Å². The SMILES string of the molecule is c1ccc(-c2ccc(N(c3ccc(-c4ccccc4)cc3)c3ccc4cc(-c5ccc6cc(-c7ccc8cc(N(c9ccccc9)c9cccc%10ccccc9%10)ccc8c7)ccc6c5)ccc4c3)cc2)cc1.